The number of nitrogens with one attached hydrogen (secondary N) is 2. The number of carbonyl (C=O) groups excluding carboxylic acids is 1. The molecule has 0 heterocycles. The quantitative estimate of drug-likeness (QED) is 0.240. The fourth-order valence-electron chi connectivity index (χ4n) is 3.54. The first kappa shape index (κ1) is 23.9. The molecule has 0 aliphatic carbocycles. The molecule has 0 saturated carbocycles. The third kappa shape index (κ3) is 8.23. The summed E-state index contributed by atoms with van der Waals surface area (Å²) in [6.45, 7) is 1.34. The lowest BCUT2D eigenvalue weighted by Gasteiger charge is -2.10. The first-order chi connectivity index (χ1) is 17.2. The topological polar surface area (TPSA) is 59.6 Å². The van der Waals surface area contributed by atoms with Crippen LogP contribution in [0.1, 0.15) is 17.5 Å². The van der Waals surface area contributed by atoms with Crippen molar-refractivity contribution in [2.24, 2.45) is 0 Å². The second-order valence-electron chi connectivity index (χ2n) is 8.16. The highest BCUT2D eigenvalue weighted by Crippen LogP contribution is 2.18. The van der Waals surface area contributed by atoms with Crippen LogP contribution in [0.5, 0.6) is 11.5 Å². The van der Waals surface area contributed by atoms with E-state index in [-0.39, 0.29) is 12.5 Å². The van der Waals surface area contributed by atoms with Gasteiger partial charge in [0, 0.05) is 11.4 Å². The van der Waals surface area contributed by atoms with Gasteiger partial charge in [-0.25, -0.2) is 0 Å². The van der Waals surface area contributed by atoms with E-state index in [4.69, 9.17) is 9.47 Å². The zero-order valence-corrected chi connectivity index (χ0v) is 19.7. The number of benzene rings is 4. The number of rotatable bonds is 12. The van der Waals surface area contributed by atoms with E-state index in [2.05, 4.69) is 34.9 Å². The van der Waals surface area contributed by atoms with Crippen LogP contribution in [0.2, 0.25) is 0 Å². The van der Waals surface area contributed by atoms with Gasteiger partial charge in [-0.15, -0.1) is 0 Å². The van der Waals surface area contributed by atoms with E-state index in [1.165, 1.54) is 5.56 Å². The summed E-state index contributed by atoms with van der Waals surface area (Å²) in [7, 11) is 0. The fraction of sp³-hybridized carbons (Fsp3) is 0.167. The van der Waals surface area contributed by atoms with Gasteiger partial charge in [0.15, 0.2) is 0 Å². The number of amides is 1. The molecule has 0 fully saturated rings. The molecule has 5 nitrogen and oxygen atoms in total. The van der Waals surface area contributed by atoms with Crippen molar-refractivity contribution in [2.45, 2.75) is 19.4 Å². The van der Waals surface area contributed by atoms with Crippen molar-refractivity contribution in [3.63, 3.8) is 0 Å². The molecule has 4 rings (SSSR count). The molecule has 0 unspecified atom stereocenters. The van der Waals surface area contributed by atoms with Crippen molar-refractivity contribution >= 4 is 17.3 Å². The summed E-state index contributed by atoms with van der Waals surface area (Å²) in [6, 6.07) is 35.5. The van der Waals surface area contributed by atoms with Crippen LogP contribution in [0.3, 0.4) is 0 Å². The highest BCUT2D eigenvalue weighted by molar-refractivity contribution is 5.93. The Kier molecular flexibility index (Phi) is 8.77. The van der Waals surface area contributed by atoms with Crippen LogP contribution in [0.4, 0.5) is 11.4 Å². The van der Waals surface area contributed by atoms with Crippen molar-refractivity contribution in [3.8, 4) is 11.5 Å². The summed E-state index contributed by atoms with van der Waals surface area (Å²) in [5.41, 5.74) is 4.02. The molecule has 0 bridgehead atoms. The maximum absolute atomic E-state index is 12.3. The first-order valence-electron chi connectivity index (χ1n) is 11.8. The lowest BCUT2D eigenvalue weighted by molar-refractivity contribution is -0.114. The van der Waals surface area contributed by atoms with Crippen molar-refractivity contribution in [3.05, 3.63) is 120 Å². The Morgan fingerprint density at radius 1 is 0.629 bits per heavy atom. The highest BCUT2D eigenvalue weighted by atomic mass is 16.5. The zero-order chi connectivity index (χ0) is 24.1. The second kappa shape index (κ2) is 12.8. The van der Waals surface area contributed by atoms with Gasteiger partial charge in [0.1, 0.15) is 18.1 Å². The molecule has 35 heavy (non-hydrogen) atoms. The molecule has 4 aromatic rings. The van der Waals surface area contributed by atoms with Gasteiger partial charge >= 0.3 is 0 Å². The SMILES string of the molecule is O=C(CNc1ccc(OCc2ccccc2)cc1)Nc1ccc(OCCCc2ccccc2)cc1. The minimum atomic E-state index is -0.120. The number of anilines is 2. The van der Waals surface area contributed by atoms with Gasteiger partial charge < -0.3 is 20.1 Å². The van der Waals surface area contributed by atoms with Crippen molar-refractivity contribution in [2.75, 3.05) is 23.8 Å². The Bertz CT molecular complexity index is 1160. The molecule has 0 radical (unpaired) electrons. The van der Waals surface area contributed by atoms with E-state index in [1.807, 2.05) is 84.9 Å². The molecule has 1 amide bonds. The molecule has 4 aromatic carbocycles. The number of aryl methyl sites for hydroxylation is 1. The Morgan fingerprint density at radius 3 is 1.86 bits per heavy atom. The maximum Gasteiger partial charge on any atom is 0.243 e. The normalized spacial score (nSPS) is 10.4. The van der Waals surface area contributed by atoms with E-state index in [9.17, 15) is 4.79 Å². The monoisotopic (exact) mass is 466 g/mol. The van der Waals surface area contributed by atoms with Crippen LogP contribution in [0, 0.1) is 0 Å². The van der Waals surface area contributed by atoms with Gasteiger partial charge in [0.2, 0.25) is 5.91 Å². The van der Waals surface area contributed by atoms with E-state index in [0.29, 0.717) is 13.2 Å². The summed E-state index contributed by atoms with van der Waals surface area (Å²) < 4.78 is 11.6. The minimum Gasteiger partial charge on any atom is -0.494 e. The fourth-order valence-corrected chi connectivity index (χ4v) is 3.54. The average Bonchev–Trinajstić information content (AvgIpc) is 2.91. The van der Waals surface area contributed by atoms with E-state index in [0.717, 1.165) is 41.3 Å². The third-order valence-electron chi connectivity index (χ3n) is 5.42. The molecule has 0 aliphatic rings. The molecule has 2 N–H and O–H groups in total. The summed E-state index contributed by atoms with van der Waals surface area (Å²) in [6.07, 6.45) is 1.94. The molecule has 5 heteroatoms. The van der Waals surface area contributed by atoms with Crippen LogP contribution in [0.15, 0.2) is 109 Å². The zero-order valence-electron chi connectivity index (χ0n) is 19.7. The van der Waals surface area contributed by atoms with Crippen LogP contribution in [-0.2, 0) is 17.8 Å². The first-order valence-corrected chi connectivity index (χ1v) is 11.8. The predicted octanol–water partition coefficient (Wildman–Crippen LogP) is 6.33. The maximum atomic E-state index is 12.3. The largest absolute Gasteiger partial charge is 0.494 e. The summed E-state index contributed by atoms with van der Waals surface area (Å²) >= 11 is 0. The highest BCUT2D eigenvalue weighted by Gasteiger charge is 2.04. The molecular formula is C30H30N2O3. The van der Waals surface area contributed by atoms with Gasteiger partial charge in [-0.2, -0.15) is 0 Å². The van der Waals surface area contributed by atoms with Crippen molar-refractivity contribution in [1.82, 2.24) is 0 Å². The van der Waals surface area contributed by atoms with Gasteiger partial charge in [0.05, 0.1) is 13.2 Å². The van der Waals surface area contributed by atoms with Gasteiger partial charge in [-0.1, -0.05) is 60.7 Å². The molecule has 0 saturated heterocycles. The van der Waals surface area contributed by atoms with E-state index in [1.54, 1.807) is 0 Å². The summed E-state index contributed by atoms with van der Waals surface area (Å²) in [4.78, 5) is 12.3. The molecule has 0 atom stereocenters. The average molecular weight is 467 g/mol. The number of hydrogen-bond donors (Lipinski definition) is 2. The van der Waals surface area contributed by atoms with Crippen molar-refractivity contribution < 1.29 is 14.3 Å². The van der Waals surface area contributed by atoms with Crippen LogP contribution >= 0.6 is 0 Å². The van der Waals surface area contributed by atoms with Gasteiger partial charge in [-0.3, -0.25) is 4.79 Å². The van der Waals surface area contributed by atoms with E-state index < -0.39 is 0 Å². The van der Waals surface area contributed by atoms with Crippen LogP contribution in [-0.4, -0.2) is 19.1 Å². The molecule has 178 valence electrons. The number of carbonyl (C=O) groups is 1. The lowest BCUT2D eigenvalue weighted by Crippen LogP contribution is -2.21. The standard InChI is InChI=1S/C30H30N2O3/c33-30(22-31-26-13-17-29(18-14-26)35-23-25-10-5-2-6-11-25)32-27-15-19-28(20-16-27)34-21-7-12-24-8-3-1-4-9-24/h1-6,8-11,13-20,31H,7,12,21-23H2,(H,32,33). The van der Waals surface area contributed by atoms with Gasteiger partial charge in [0.25, 0.3) is 0 Å². The molecule has 0 spiro atoms. The molecule has 0 aromatic heterocycles. The van der Waals surface area contributed by atoms with Crippen LogP contribution < -0.4 is 20.1 Å². The predicted molar refractivity (Wildman–Crippen MR) is 141 cm³/mol. The van der Waals surface area contributed by atoms with E-state index >= 15 is 0 Å². The third-order valence-corrected chi connectivity index (χ3v) is 5.42. The number of ether oxygens (including phenoxy) is 2. The molecular weight excluding hydrogens is 436 g/mol. The Morgan fingerprint density at radius 2 is 1.20 bits per heavy atom. The van der Waals surface area contributed by atoms with Crippen LogP contribution in [0.25, 0.3) is 0 Å². The van der Waals surface area contributed by atoms with Crippen molar-refractivity contribution in [1.29, 1.82) is 0 Å². The smallest absolute Gasteiger partial charge is 0.243 e. The second-order valence-corrected chi connectivity index (χ2v) is 8.16. The minimum absolute atomic E-state index is 0.120. The molecule has 0 aliphatic heterocycles. The number of hydrogen-bond acceptors (Lipinski definition) is 4. The lowest BCUT2D eigenvalue weighted by atomic mass is 10.1. The summed E-state index contributed by atoms with van der Waals surface area (Å²) in [5.74, 6) is 1.46. The van der Waals surface area contributed by atoms with Gasteiger partial charge in [-0.05, 0) is 72.5 Å². The summed E-state index contributed by atoms with van der Waals surface area (Å²) in [5, 5.41) is 6.03. The Balaban J connectivity index is 1.14. The Hall–Kier alpha value is -4.25. The Labute approximate surface area is 206 Å².